The van der Waals surface area contributed by atoms with E-state index in [1.807, 2.05) is 13.0 Å². The molecule has 10 heteroatoms. The summed E-state index contributed by atoms with van der Waals surface area (Å²) in [7, 11) is 0. The lowest BCUT2D eigenvalue weighted by Crippen LogP contribution is -2.47. The second kappa shape index (κ2) is 8.64. The highest BCUT2D eigenvalue weighted by molar-refractivity contribution is 6.31. The number of aryl methyl sites for hydroxylation is 1. The molecule has 0 saturated carbocycles. The van der Waals surface area contributed by atoms with Crippen molar-refractivity contribution in [1.29, 1.82) is 0 Å². The first kappa shape index (κ1) is 22.2. The number of halogens is 3. The van der Waals surface area contributed by atoms with E-state index in [4.69, 9.17) is 16.0 Å². The quantitative estimate of drug-likeness (QED) is 0.419. The van der Waals surface area contributed by atoms with Gasteiger partial charge in [0.05, 0.1) is 5.56 Å². The second-order valence-electron chi connectivity index (χ2n) is 8.11. The number of likely N-dealkylation sites (tertiary alicyclic amines) is 1. The second-order valence-corrected chi connectivity index (χ2v) is 8.54. The third-order valence-corrected chi connectivity index (χ3v) is 6.14. The third kappa shape index (κ3) is 4.07. The Kier molecular flexibility index (Phi) is 5.65. The molecule has 174 valence electrons. The maximum Gasteiger partial charge on any atom is 0.295 e. The number of amides is 1. The van der Waals surface area contributed by atoms with Gasteiger partial charge in [0, 0.05) is 48.6 Å². The number of benzene rings is 2. The number of nitrogens with zero attached hydrogens (tertiary/aromatic N) is 4. The van der Waals surface area contributed by atoms with E-state index in [-0.39, 0.29) is 24.7 Å². The molecule has 7 nitrogen and oxygen atoms in total. The van der Waals surface area contributed by atoms with Gasteiger partial charge in [-0.1, -0.05) is 23.7 Å². The largest absolute Gasteiger partial charge is 0.424 e. The summed E-state index contributed by atoms with van der Waals surface area (Å²) >= 11 is 5.97. The minimum atomic E-state index is -3.08. The number of carbonyl (C=O) groups is 1. The van der Waals surface area contributed by atoms with Gasteiger partial charge in [-0.15, -0.1) is 0 Å². The predicted octanol–water partition coefficient (Wildman–Crippen LogP) is 5.21. The lowest BCUT2D eigenvalue weighted by molar-refractivity contribution is -0.0249. The number of aromatic nitrogens is 3. The van der Waals surface area contributed by atoms with E-state index in [0.717, 1.165) is 5.56 Å². The summed E-state index contributed by atoms with van der Waals surface area (Å²) in [4.78, 5) is 27.5. The number of rotatable bonds is 5. The van der Waals surface area contributed by atoms with Crippen LogP contribution in [0.1, 0.15) is 22.3 Å². The summed E-state index contributed by atoms with van der Waals surface area (Å²) in [6, 6.07) is 10.5. The SMILES string of the molecule is Cc1cccc(C(=O)N2CCC(F)(F)[C@H]2CNc2nc3ccc(Cl)cc3o2)c1-c1ncccn1. The first-order valence-corrected chi connectivity index (χ1v) is 11.1. The minimum Gasteiger partial charge on any atom is -0.424 e. The van der Waals surface area contributed by atoms with Crippen molar-refractivity contribution >= 4 is 34.6 Å². The van der Waals surface area contributed by atoms with Crippen LogP contribution in [0.25, 0.3) is 22.5 Å². The first-order chi connectivity index (χ1) is 16.3. The highest BCUT2D eigenvalue weighted by Crippen LogP contribution is 2.36. The summed E-state index contributed by atoms with van der Waals surface area (Å²) in [5.41, 5.74) is 2.58. The van der Waals surface area contributed by atoms with Crippen LogP contribution in [0.4, 0.5) is 14.8 Å². The maximum absolute atomic E-state index is 14.9. The van der Waals surface area contributed by atoms with Crippen LogP contribution in [0.2, 0.25) is 5.02 Å². The normalized spacial score (nSPS) is 17.3. The average Bonchev–Trinajstić information content (AvgIpc) is 3.36. The van der Waals surface area contributed by atoms with Gasteiger partial charge in [-0.05, 0) is 36.8 Å². The van der Waals surface area contributed by atoms with Crippen LogP contribution in [0.15, 0.2) is 59.3 Å². The summed E-state index contributed by atoms with van der Waals surface area (Å²) in [5.74, 6) is -3.21. The Labute approximate surface area is 198 Å². The van der Waals surface area contributed by atoms with Gasteiger partial charge in [0.15, 0.2) is 11.4 Å². The molecule has 1 aliphatic heterocycles. The van der Waals surface area contributed by atoms with Crippen LogP contribution in [0.3, 0.4) is 0 Å². The molecule has 1 saturated heterocycles. The summed E-state index contributed by atoms with van der Waals surface area (Å²) in [6.07, 6.45) is 2.72. The molecule has 1 aliphatic rings. The fourth-order valence-corrected chi connectivity index (χ4v) is 4.37. The van der Waals surface area contributed by atoms with E-state index >= 15 is 0 Å². The highest BCUT2D eigenvalue weighted by Gasteiger charge is 2.51. The van der Waals surface area contributed by atoms with Gasteiger partial charge in [0.25, 0.3) is 17.8 Å². The topological polar surface area (TPSA) is 84.2 Å². The van der Waals surface area contributed by atoms with Crippen LogP contribution in [0, 0.1) is 6.92 Å². The summed E-state index contributed by atoms with van der Waals surface area (Å²) in [5, 5.41) is 3.30. The van der Waals surface area contributed by atoms with E-state index < -0.39 is 24.3 Å². The Morgan fingerprint density at radius 3 is 2.82 bits per heavy atom. The van der Waals surface area contributed by atoms with E-state index in [9.17, 15) is 13.6 Å². The minimum absolute atomic E-state index is 0.0790. The number of nitrogens with one attached hydrogen (secondary N) is 1. The molecule has 1 amide bonds. The van der Waals surface area contributed by atoms with Gasteiger partial charge in [-0.25, -0.2) is 18.7 Å². The molecule has 0 unspecified atom stereocenters. The van der Waals surface area contributed by atoms with Crippen molar-refractivity contribution in [2.24, 2.45) is 0 Å². The van der Waals surface area contributed by atoms with Crippen molar-refractivity contribution in [3.63, 3.8) is 0 Å². The fourth-order valence-electron chi connectivity index (χ4n) is 4.21. The smallest absolute Gasteiger partial charge is 0.295 e. The number of oxazole rings is 1. The molecule has 2 aromatic heterocycles. The van der Waals surface area contributed by atoms with Gasteiger partial charge in [0.2, 0.25) is 0 Å². The summed E-state index contributed by atoms with van der Waals surface area (Å²) < 4.78 is 35.3. The number of alkyl halides is 2. The van der Waals surface area contributed by atoms with E-state index in [2.05, 4.69) is 20.3 Å². The number of fused-ring (bicyclic) bond motifs is 1. The van der Waals surface area contributed by atoms with Crippen LogP contribution >= 0.6 is 11.6 Å². The molecule has 0 bridgehead atoms. The molecule has 1 N–H and O–H groups in total. The van der Waals surface area contributed by atoms with E-state index in [0.29, 0.717) is 27.5 Å². The Balaban J connectivity index is 1.43. The van der Waals surface area contributed by atoms with Gasteiger partial charge >= 0.3 is 0 Å². The van der Waals surface area contributed by atoms with Crippen LogP contribution in [-0.4, -0.2) is 50.8 Å². The van der Waals surface area contributed by atoms with Crippen molar-refractivity contribution in [3.8, 4) is 11.4 Å². The number of hydrogen-bond acceptors (Lipinski definition) is 6. The molecule has 1 atom stereocenters. The zero-order valence-electron chi connectivity index (χ0n) is 18.1. The van der Waals surface area contributed by atoms with Gasteiger partial charge < -0.3 is 14.6 Å². The van der Waals surface area contributed by atoms with Crippen molar-refractivity contribution in [2.45, 2.75) is 25.3 Å². The van der Waals surface area contributed by atoms with Crippen LogP contribution in [0.5, 0.6) is 0 Å². The Bertz CT molecular complexity index is 1360. The molecular weight excluding hydrogens is 464 g/mol. The zero-order chi connectivity index (χ0) is 23.9. The van der Waals surface area contributed by atoms with E-state index in [1.54, 1.807) is 48.8 Å². The standard InChI is InChI=1S/C24H20ClF2N5O2/c1-14-4-2-5-16(20(14)21-28-9-3-10-29-21)22(33)32-11-8-24(26,27)19(32)13-30-23-31-17-7-6-15(25)12-18(17)34-23/h2-7,9-10,12,19H,8,11,13H2,1H3,(H,30,31)/t19-/m1/s1. The van der Waals surface area contributed by atoms with Crippen molar-refractivity contribution in [1.82, 2.24) is 19.9 Å². The predicted molar refractivity (Wildman–Crippen MR) is 124 cm³/mol. The van der Waals surface area contributed by atoms with Crippen LogP contribution in [-0.2, 0) is 0 Å². The van der Waals surface area contributed by atoms with Gasteiger partial charge in [-0.3, -0.25) is 4.79 Å². The number of hydrogen-bond donors (Lipinski definition) is 1. The molecule has 1 fully saturated rings. The maximum atomic E-state index is 14.9. The number of carbonyl (C=O) groups excluding carboxylic acids is 1. The molecule has 4 aromatic rings. The lowest BCUT2D eigenvalue weighted by atomic mass is 9.99. The Morgan fingerprint density at radius 2 is 2.03 bits per heavy atom. The fraction of sp³-hybridized carbons (Fsp3) is 0.250. The molecule has 34 heavy (non-hydrogen) atoms. The van der Waals surface area contributed by atoms with Crippen molar-refractivity contribution in [3.05, 3.63) is 71.0 Å². The monoisotopic (exact) mass is 483 g/mol. The third-order valence-electron chi connectivity index (χ3n) is 5.90. The van der Waals surface area contributed by atoms with Gasteiger partial charge in [-0.2, -0.15) is 4.98 Å². The van der Waals surface area contributed by atoms with Crippen molar-refractivity contribution < 1.29 is 18.0 Å². The van der Waals surface area contributed by atoms with E-state index in [1.165, 1.54) is 4.90 Å². The molecule has 3 heterocycles. The Morgan fingerprint density at radius 1 is 1.24 bits per heavy atom. The zero-order valence-corrected chi connectivity index (χ0v) is 18.9. The van der Waals surface area contributed by atoms with Crippen molar-refractivity contribution in [2.75, 3.05) is 18.4 Å². The van der Waals surface area contributed by atoms with Crippen LogP contribution < -0.4 is 5.32 Å². The number of anilines is 1. The molecular formula is C24H20ClF2N5O2. The molecule has 2 aromatic carbocycles. The van der Waals surface area contributed by atoms with Gasteiger partial charge in [0.1, 0.15) is 11.6 Å². The highest BCUT2D eigenvalue weighted by atomic mass is 35.5. The molecule has 5 rings (SSSR count). The molecule has 0 aliphatic carbocycles. The molecule has 0 spiro atoms. The molecule has 0 radical (unpaired) electrons. The average molecular weight is 484 g/mol. The summed E-state index contributed by atoms with van der Waals surface area (Å²) in [6.45, 7) is 1.52. The first-order valence-electron chi connectivity index (χ1n) is 10.7. The lowest BCUT2D eigenvalue weighted by Gasteiger charge is -2.28. The Hall–Kier alpha value is -3.59.